The molecule has 3 N–H and O–H groups in total. The van der Waals surface area contributed by atoms with Gasteiger partial charge in [0, 0.05) is 23.7 Å². The van der Waals surface area contributed by atoms with Gasteiger partial charge in [0.05, 0.1) is 25.9 Å². The highest BCUT2D eigenvalue weighted by atomic mass is 16.5. The van der Waals surface area contributed by atoms with Gasteiger partial charge < -0.3 is 20.3 Å². The second-order valence-electron chi connectivity index (χ2n) is 10.1. The van der Waals surface area contributed by atoms with Gasteiger partial charge in [0.25, 0.3) is 0 Å². The van der Waals surface area contributed by atoms with Gasteiger partial charge in [-0.05, 0) is 89.1 Å². The van der Waals surface area contributed by atoms with Crippen molar-refractivity contribution in [2.45, 2.75) is 64.5 Å². The number of hydrogen-bond donors (Lipinski definition) is 3. The van der Waals surface area contributed by atoms with Gasteiger partial charge in [0.1, 0.15) is 0 Å². The number of nitrogens with one attached hydrogen (secondary N) is 1. The van der Waals surface area contributed by atoms with Crippen LogP contribution in [0.3, 0.4) is 0 Å². The number of aromatic nitrogens is 1. The van der Waals surface area contributed by atoms with Gasteiger partial charge in [-0.15, -0.1) is 0 Å². The third kappa shape index (κ3) is 6.77. The Morgan fingerprint density at radius 3 is 2.47 bits per heavy atom. The van der Waals surface area contributed by atoms with Crippen LogP contribution in [0, 0.1) is 11.8 Å². The molecular formula is C25H39N3O4. The lowest BCUT2D eigenvalue weighted by Crippen LogP contribution is -2.46. The largest absolute Gasteiger partial charge is 0.477 e. The summed E-state index contributed by atoms with van der Waals surface area (Å²) < 4.78 is 5.97. The molecule has 3 rings (SSSR count). The van der Waals surface area contributed by atoms with Crippen LogP contribution in [-0.4, -0.2) is 70.5 Å². The monoisotopic (exact) mass is 445 g/mol. The molecule has 1 aromatic rings. The number of rotatable bonds is 8. The minimum Gasteiger partial charge on any atom is -0.477 e. The second-order valence-corrected chi connectivity index (χ2v) is 10.1. The topological polar surface area (TPSA) is 94.9 Å². The fraction of sp³-hybridized carbons (Fsp3) is 0.680. The summed E-state index contributed by atoms with van der Waals surface area (Å²) in [6.07, 6.45) is 8.47. The molecule has 0 spiro atoms. The normalized spacial score (nSPS) is 20.8. The summed E-state index contributed by atoms with van der Waals surface area (Å²) >= 11 is 0. The molecule has 2 heterocycles. The van der Waals surface area contributed by atoms with Gasteiger partial charge in [-0.1, -0.05) is 6.08 Å². The van der Waals surface area contributed by atoms with E-state index in [4.69, 9.17) is 14.9 Å². The number of amides is 1. The van der Waals surface area contributed by atoms with E-state index in [2.05, 4.69) is 42.0 Å². The molecule has 0 bridgehead atoms. The van der Waals surface area contributed by atoms with Crippen LogP contribution in [-0.2, 0) is 4.79 Å². The van der Waals surface area contributed by atoms with Crippen molar-refractivity contribution in [3.8, 4) is 5.88 Å². The number of carbonyl (C=O) groups excluding carboxylic acids is 1. The maximum atomic E-state index is 12.3. The summed E-state index contributed by atoms with van der Waals surface area (Å²) in [6, 6.07) is 3.40. The van der Waals surface area contributed by atoms with Crippen LogP contribution >= 0.6 is 0 Å². The number of hydrogen-bond acceptors (Lipinski definition) is 6. The van der Waals surface area contributed by atoms with E-state index >= 15 is 0 Å². The average molecular weight is 446 g/mol. The number of aliphatic hydroxyl groups is 2. The van der Waals surface area contributed by atoms with Crippen LogP contribution < -0.4 is 10.1 Å². The van der Waals surface area contributed by atoms with Crippen molar-refractivity contribution in [1.29, 1.82) is 0 Å². The van der Waals surface area contributed by atoms with Crippen molar-refractivity contribution >= 4 is 11.5 Å². The van der Waals surface area contributed by atoms with E-state index < -0.39 is 6.04 Å². The second kappa shape index (κ2) is 11.3. The van der Waals surface area contributed by atoms with Crippen molar-refractivity contribution in [2.24, 2.45) is 11.8 Å². The number of carbonyl (C=O) groups is 1. The van der Waals surface area contributed by atoms with E-state index in [9.17, 15) is 4.79 Å². The molecule has 1 amide bonds. The van der Waals surface area contributed by atoms with Crippen molar-refractivity contribution < 1.29 is 19.7 Å². The first-order chi connectivity index (χ1) is 15.3. The number of piperidine rings is 1. The summed E-state index contributed by atoms with van der Waals surface area (Å²) in [5, 5.41) is 21.0. The lowest BCUT2D eigenvalue weighted by Gasteiger charge is -2.40. The van der Waals surface area contributed by atoms with Crippen LogP contribution in [0.1, 0.15) is 58.4 Å². The predicted molar refractivity (Wildman–Crippen MR) is 125 cm³/mol. The van der Waals surface area contributed by atoms with Crippen LogP contribution in [0.2, 0.25) is 0 Å². The van der Waals surface area contributed by atoms with Gasteiger partial charge in [-0.25, -0.2) is 4.98 Å². The average Bonchev–Trinajstić information content (AvgIpc) is 2.81. The Bertz CT molecular complexity index is 760. The number of aliphatic hydroxyl groups excluding tert-OH is 2. The standard InChI is InChI=1S/C25H39N3O4/c1-25(2,3)28-12-10-18(11-13-28)17-32-23-9-8-21(14-26-23)19-4-6-20(7-5-19)24(31)27-22(15-29)16-30/h4,8-9,14,18,20,22,29-30H,5-7,10-13,15-17H2,1-3H3,(H,27,31). The Morgan fingerprint density at radius 1 is 1.22 bits per heavy atom. The fourth-order valence-electron chi connectivity index (χ4n) is 4.43. The SMILES string of the molecule is CC(C)(C)N1CCC(COc2ccc(C3=CCC(C(=O)NC(CO)CO)CC3)cn2)CC1. The smallest absolute Gasteiger partial charge is 0.223 e. The van der Waals surface area contributed by atoms with Crippen LogP contribution in [0.15, 0.2) is 24.4 Å². The van der Waals surface area contributed by atoms with Crippen LogP contribution in [0.25, 0.3) is 5.57 Å². The number of pyridine rings is 1. The van der Waals surface area contributed by atoms with E-state index in [0.29, 0.717) is 24.8 Å². The molecule has 1 fully saturated rings. The summed E-state index contributed by atoms with van der Waals surface area (Å²) in [4.78, 5) is 19.3. The molecule has 2 aliphatic rings. The highest BCUT2D eigenvalue weighted by Gasteiger charge is 2.27. The zero-order valence-electron chi connectivity index (χ0n) is 19.7. The molecule has 32 heavy (non-hydrogen) atoms. The Labute approximate surface area is 191 Å². The van der Waals surface area contributed by atoms with Gasteiger partial charge in [-0.3, -0.25) is 9.69 Å². The van der Waals surface area contributed by atoms with Crippen molar-refractivity contribution in [3.63, 3.8) is 0 Å². The molecular weight excluding hydrogens is 406 g/mol. The lowest BCUT2D eigenvalue weighted by atomic mass is 9.86. The van der Waals surface area contributed by atoms with Crippen molar-refractivity contribution in [1.82, 2.24) is 15.2 Å². The van der Waals surface area contributed by atoms with E-state index in [1.165, 1.54) is 5.57 Å². The molecule has 1 atom stereocenters. The van der Waals surface area contributed by atoms with Crippen molar-refractivity contribution in [2.75, 3.05) is 32.9 Å². The van der Waals surface area contributed by atoms with E-state index in [0.717, 1.165) is 44.3 Å². The predicted octanol–water partition coefficient (Wildman–Crippen LogP) is 2.62. The van der Waals surface area contributed by atoms with E-state index in [1.807, 2.05) is 18.3 Å². The Hall–Kier alpha value is -1.96. The first-order valence-corrected chi connectivity index (χ1v) is 11.9. The highest BCUT2D eigenvalue weighted by Crippen LogP contribution is 2.31. The number of allylic oxidation sites excluding steroid dienone is 2. The van der Waals surface area contributed by atoms with Gasteiger partial charge in [-0.2, -0.15) is 0 Å². The van der Waals surface area contributed by atoms with E-state index in [1.54, 1.807) is 0 Å². The number of ether oxygens (including phenoxy) is 1. The van der Waals surface area contributed by atoms with Gasteiger partial charge in [0.15, 0.2) is 0 Å². The first-order valence-electron chi connectivity index (χ1n) is 11.9. The molecule has 7 nitrogen and oxygen atoms in total. The summed E-state index contributed by atoms with van der Waals surface area (Å²) in [5.41, 5.74) is 2.50. The third-order valence-electron chi connectivity index (χ3n) is 6.71. The minimum absolute atomic E-state index is 0.108. The van der Waals surface area contributed by atoms with Crippen molar-refractivity contribution in [3.05, 3.63) is 30.0 Å². The molecule has 0 radical (unpaired) electrons. The minimum atomic E-state index is -0.587. The molecule has 1 saturated heterocycles. The third-order valence-corrected chi connectivity index (χ3v) is 6.71. The van der Waals surface area contributed by atoms with Crippen LogP contribution in [0.5, 0.6) is 5.88 Å². The molecule has 1 aromatic heterocycles. The zero-order valence-corrected chi connectivity index (χ0v) is 19.7. The van der Waals surface area contributed by atoms with Gasteiger partial charge in [0.2, 0.25) is 11.8 Å². The molecule has 178 valence electrons. The Kier molecular flexibility index (Phi) is 8.68. The zero-order chi connectivity index (χ0) is 23.1. The lowest BCUT2D eigenvalue weighted by molar-refractivity contribution is -0.126. The summed E-state index contributed by atoms with van der Waals surface area (Å²) in [6.45, 7) is 9.27. The molecule has 1 aliphatic carbocycles. The molecule has 0 saturated carbocycles. The fourth-order valence-corrected chi connectivity index (χ4v) is 4.43. The first kappa shape index (κ1) is 24.7. The van der Waals surface area contributed by atoms with Crippen LogP contribution in [0.4, 0.5) is 0 Å². The number of likely N-dealkylation sites (tertiary alicyclic amines) is 1. The summed E-state index contributed by atoms with van der Waals surface area (Å²) in [7, 11) is 0. The maximum absolute atomic E-state index is 12.3. The summed E-state index contributed by atoms with van der Waals surface area (Å²) in [5.74, 6) is 1.01. The molecule has 1 unspecified atom stereocenters. The quantitative estimate of drug-likeness (QED) is 0.569. The number of nitrogens with zero attached hydrogens (tertiary/aromatic N) is 2. The Balaban J connectivity index is 1.45. The maximum Gasteiger partial charge on any atom is 0.223 e. The Morgan fingerprint density at radius 2 is 1.94 bits per heavy atom. The molecule has 1 aliphatic heterocycles. The molecule has 7 heteroatoms. The molecule has 0 aromatic carbocycles. The van der Waals surface area contributed by atoms with E-state index in [-0.39, 0.29) is 30.6 Å². The highest BCUT2D eigenvalue weighted by molar-refractivity contribution is 5.80. The van der Waals surface area contributed by atoms with Gasteiger partial charge >= 0.3 is 0 Å².